The maximum atomic E-state index is 12.6. The molecule has 182 valence electrons. The Hall–Kier alpha value is -1.74. The summed E-state index contributed by atoms with van der Waals surface area (Å²) in [6.07, 6.45) is 7.44. The molecule has 1 saturated carbocycles. The zero-order chi connectivity index (χ0) is 23.7. The lowest BCUT2D eigenvalue weighted by atomic mass is 9.91. The van der Waals surface area contributed by atoms with Crippen molar-refractivity contribution in [1.82, 2.24) is 20.6 Å². The number of nitrogens with zero attached hydrogens (tertiary/aromatic N) is 1. The topological polar surface area (TPSA) is 170 Å². The second kappa shape index (κ2) is 12.5. The summed E-state index contributed by atoms with van der Waals surface area (Å²) in [6, 6.07) is -1.71. The number of amides is 2. The van der Waals surface area contributed by atoms with Crippen LogP contribution in [0.1, 0.15) is 51.6 Å². The smallest absolute Gasteiger partial charge is 0.242 e. The Balaban J connectivity index is 1.80. The number of carbonyl (C=O) groups is 2. The second-order valence-corrected chi connectivity index (χ2v) is 11.6. The molecule has 32 heavy (non-hydrogen) atoms. The highest BCUT2D eigenvalue weighted by molar-refractivity contribution is 7.58. The van der Waals surface area contributed by atoms with Gasteiger partial charge >= 0.3 is 0 Å². The first kappa shape index (κ1) is 26.5. The van der Waals surface area contributed by atoms with Crippen molar-refractivity contribution in [2.75, 3.05) is 18.9 Å². The van der Waals surface area contributed by atoms with Crippen LogP contribution in [0, 0.1) is 11.8 Å². The summed E-state index contributed by atoms with van der Waals surface area (Å²) in [7, 11) is -3.48. The monoisotopic (exact) mass is 471 g/mol. The number of nitrogens with one attached hydrogen (secondary N) is 3. The highest BCUT2D eigenvalue weighted by atomic mass is 31.2. The van der Waals surface area contributed by atoms with E-state index >= 15 is 0 Å². The molecule has 11 heteroatoms. The van der Waals surface area contributed by atoms with Crippen molar-refractivity contribution in [3.05, 3.63) is 18.2 Å². The predicted octanol–water partition coefficient (Wildman–Crippen LogP) is 0.748. The van der Waals surface area contributed by atoms with Gasteiger partial charge in [0.1, 0.15) is 6.04 Å². The van der Waals surface area contributed by atoms with Gasteiger partial charge in [0.25, 0.3) is 0 Å². The molecule has 4 atom stereocenters. The lowest BCUT2D eigenvalue weighted by Crippen LogP contribution is -2.55. The minimum absolute atomic E-state index is 0.160. The van der Waals surface area contributed by atoms with Gasteiger partial charge in [0.15, 0.2) is 0 Å². The fourth-order valence-corrected chi connectivity index (χ4v) is 6.19. The first-order chi connectivity index (χ1) is 15.1. The Bertz CT molecular complexity index is 767. The van der Waals surface area contributed by atoms with Gasteiger partial charge in [-0.05, 0) is 24.7 Å². The normalized spacial score (nSPS) is 19.7. The number of imidazole rings is 1. The van der Waals surface area contributed by atoms with Gasteiger partial charge in [0, 0.05) is 25.3 Å². The summed E-state index contributed by atoms with van der Waals surface area (Å²) in [5.41, 5.74) is 6.57. The molecule has 1 aliphatic rings. The highest BCUT2D eigenvalue weighted by Gasteiger charge is 2.30. The highest BCUT2D eigenvalue weighted by Crippen LogP contribution is 2.45. The second-order valence-electron chi connectivity index (χ2n) is 9.22. The lowest BCUT2D eigenvalue weighted by molar-refractivity contribution is -0.130. The standard InChI is InChI=1S/C21H38N5O5P/c1-14(2)19(26-20(28)18(22)8-16-9-23-13-25-16)21(29)24-10-17(27)12-32(30,31)11-15-6-4-3-5-7-15/h9,13-15,17-19,27H,3-8,10-12,22H2,1-2H3,(H,23,25)(H,24,29)(H,26,28)(H,30,31)/t17-,18+,19+/m1/s1. The van der Waals surface area contributed by atoms with Gasteiger partial charge in [-0.3, -0.25) is 14.2 Å². The van der Waals surface area contributed by atoms with Gasteiger partial charge in [-0.25, -0.2) is 4.98 Å². The molecule has 0 spiro atoms. The first-order valence-electron chi connectivity index (χ1n) is 11.4. The summed E-state index contributed by atoms with van der Waals surface area (Å²) in [4.78, 5) is 42.2. The van der Waals surface area contributed by atoms with Crippen molar-refractivity contribution in [2.24, 2.45) is 17.6 Å². The van der Waals surface area contributed by atoms with Crippen molar-refractivity contribution in [2.45, 2.75) is 70.6 Å². The molecule has 10 nitrogen and oxygen atoms in total. The van der Waals surface area contributed by atoms with Crippen LogP contribution in [0.5, 0.6) is 0 Å². The molecule has 0 bridgehead atoms. The molecule has 0 saturated heterocycles. The number of carbonyl (C=O) groups excluding carboxylic acids is 2. The fourth-order valence-electron chi connectivity index (χ4n) is 4.09. The van der Waals surface area contributed by atoms with Gasteiger partial charge in [-0.15, -0.1) is 0 Å². The van der Waals surface area contributed by atoms with Gasteiger partial charge in [0.2, 0.25) is 19.2 Å². The number of aromatic amines is 1. The van der Waals surface area contributed by atoms with E-state index in [1.54, 1.807) is 20.0 Å². The van der Waals surface area contributed by atoms with Gasteiger partial charge in [-0.1, -0.05) is 33.1 Å². The van der Waals surface area contributed by atoms with Gasteiger partial charge < -0.3 is 31.4 Å². The molecule has 1 heterocycles. The Kier molecular flexibility index (Phi) is 10.3. The third kappa shape index (κ3) is 9.02. The van der Waals surface area contributed by atoms with E-state index in [0.29, 0.717) is 5.69 Å². The molecule has 0 radical (unpaired) electrons. The summed E-state index contributed by atoms with van der Waals surface area (Å²) >= 11 is 0. The molecule has 1 aliphatic carbocycles. The number of nitrogens with two attached hydrogens (primary N) is 1. The van der Waals surface area contributed by atoms with Crippen LogP contribution in [-0.2, 0) is 20.6 Å². The van der Waals surface area contributed by atoms with E-state index in [1.165, 1.54) is 12.7 Å². The first-order valence-corrected chi connectivity index (χ1v) is 13.4. The molecule has 1 unspecified atom stereocenters. The molecule has 1 aromatic heterocycles. The van der Waals surface area contributed by atoms with Crippen molar-refractivity contribution >= 4 is 19.2 Å². The molecule has 2 amide bonds. The molecule has 0 aromatic carbocycles. The molecular formula is C21H38N5O5P. The van der Waals surface area contributed by atoms with Crippen molar-refractivity contribution < 1.29 is 24.2 Å². The van der Waals surface area contributed by atoms with Crippen LogP contribution in [-0.4, -0.2) is 68.8 Å². The molecule has 7 N–H and O–H groups in total. The van der Waals surface area contributed by atoms with E-state index in [1.807, 2.05) is 0 Å². The molecule has 2 rings (SSSR count). The maximum absolute atomic E-state index is 12.6. The zero-order valence-electron chi connectivity index (χ0n) is 19.0. The van der Waals surface area contributed by atoms with E-state index in [2.05, 4.69) is 20.6 Å². The van der Waals surface area contributed by atoms with E-state index in [9.17, 15) is 24.2 Å². The van der Waals surface area contributed by atoms with Crippen LogP contribution in [0.25, 0.3) is 0 Å². The third-order valence-electron chi connectivity index (χ3n) is 5.84. The average molecular weight is 472 g/mol. The Morgan fingerprint density at radius 2 is 1.97 bits per heavy atom. The molecule has 1 aromatic rings. The Labute approximate surface area is 189 Å². The van der Waals surface area contributed by atoms with Crippen LogP contribution < -0.4 is 16.4 Å². The van der Waals surface area contributed by atoms with Gasteiger partial charge in [0.05, 0.1) is 30.3 Å². The lowest BCUT2D eigenvalue weighted by Gasteiger charge is -2.26. The summed E-state index contributed by atoms with van der Waals surface area (Å²) < 4.78 is 12.5. The number of hydrogen-bond donors (Lipinski definition) is 6. The third-order valence-corrected chi connectivity index (χ3v) is 7.92. The van der Waals surface area contributed by atoms with Crippen molar-refractivity contribution in [1.29, 1.82) is 0 Å². The molecular weight excluding hydrogens is 433 g/mol. The molecule has 0 aliphatic heterocycles. The summed E-state index contributed by atoms with van der Waals surface area (Å²) in [5.74, 6) is -0.939. The van der Waals surface area contributed by atoms with Crippen LogP contribution in [0.4, 0.5) is 0 Å². The SMILES string of the molecule is CC(C)[C@H](NC(=O)[C@@H](N)Cc1c[nH]cn1)C(=O)NC[C@@H](O)CP(=O)(O)CC1CCCCC1. The summed E-state index contributed by atoms with van der Waals surface area (Å²) in [5, 5.41) is 15.5. The number of aromatic nitrogens is 2. The number of aliphatic hydroxyl groups excluding tert-OH is 1. The Morgan fingerprint density at radius 1 is 1.28 bits per heavy atom. The van der Waals surface area contributed by atoms with Crippen LogP contribution in [0.2, 0.25) is 0 Å². The fraction of sp³-hybridized carbons (Fsp3) is 0.762. The quantitative estimate of drug-likeness (QED) is 0.244. The minimum atomic E-state index is -3.48. The van der Waals surface area contributed by atoms with E-state index < -0.39 is 37.4 Å². The van der Waals surface area contributed by atoms with Crippen molar-refractivity contribution in [3.63, 3.8) is 0 Å². The van der Waals surface area contributed by atoms with E-state index in [4.69, 9.17) is 5.73 Å². The maximum Gasteiger partial charge on any atom is 0.242 e. The van der Waals surface area contributed by atoms with Crippen molar-refractivity contribution in [3.8, 4) is 0 Å². The molecule has 1 fully saturated rings. The summed E-state index contributed by atoms with van der Waals surface area (Å²) in [6.45, 7) is 3.41. The van der Waals surface area contributed by atoms with E-state index in [0.717, 1.165) is 25.7 Å². The number of hydrogen-bond acceptors (Lipinski definition) is 6. The van der Waals surface area contributed by atoms with Gasteiger partial charge in [-0.2, -0.15) is 0 Å². The number of aliphatic hydroxyl groups is 1. The minimum Gasteiger partial charge on any atom is -0.391 e. The van der Waals surface area contributed by atoms with Crippen LogP contribution in [0.15, 0.2) is 12.5 Å². The largest absolute Gasteiger partial charge is 0.391 e. The Morgan fingerprint density at radius 3 is 2.56 bits per heavy atom. The zero-order valence-corrected chi connectivity index (χ0v) is 19.9. The number of H-pyrrole nitrogens is 1. The van der Waals surface area contributed by atoms with Crippen LogP contribution in [0.3, 0.4) is 0 Å². The number of rotatable bonds is 12. The van der Waals surface area contributed by atoms with E-state index in [-0.39, 0.29) is 37.1 Å². The average Bonchev–Trinajstić information content (AvgIpc) is 3.22. The van der Waals surface area contributed by atoms with Crippen LogP contribution >= 0.6 is 7.37 Å². The predicted molar refractivity (Wildman–Crippen MR) is 122 cm³/mol.